The van der Waals surface area contributed by atoms with Gasteiger partial charge < -0.3 is 9.47 Å². The van der Waals surface area contributed by atoms with Crippen LogP contribution in [0.15, 0.2) is 0 Å². The number of sulfonamides is 1. The third-order valence-corrected chi connectivity index (χ3v) is 4.97. The molecule has 0 amide bonds. The van der Waals surface area contributed by atoms with Crippen LogP contribution in [0.5, 0.6) is 0 Å². The first-order chi connectivity index (χ1) is 8.45. The Kier molecular flexibility index (Phi) is 8.11. The summed E-state index contributed by atoms with van der Waals surface area (Å²) in [7, 11) is -0.624. The van der Waals surface area contributed by atoms with Crippen molar-refractivity contribution >= 4 is 10.0 Å². The van der Waals surface area contributed by atoms with Gasteiger partial charge in [-0.25, -0.2) is 8.42 Å². The molecule has 7 heteroatoms. The molecule has 0 aromatic carbocycles. The molecule has 0 spiro atoms. The molecule has 0 saturated heterocycles. The average molecular weight is 278 g/mol. The largest absolute Gasteiger partial charge is 0.383 e. The third-order valence-electron chi connectivity index (χ3n) is 2.62. The van der Waals surface area contributed by atoms with E-state index in [1.165, 1.54) is 18.5 Å². The highest BCUT2D eigenvalue weighted by Gasteiger charge is 2.33. The van der Waals surface area contributed by atoms with Crippen molar-refractivity contribution in [3.63, 3.8) is 0 Å². The molecule has 0 fully saturated rings. The minimum absolute atomic E-state index is 0.224. The maximum atomic E-state index is 12.3. The Balaban J connectivity index is 5.10. The molecule has 0 aromatic rings. The van der Waals surface area contributed by atoms with Crippen LogP contribution in [-0.2, 0) is 19.5 Å². The van der Waals surface area contributed by atoms with E-state index in [9.17, 15) is 8.42 Å². The van der Waals surface area contributed by atoms with E-state index in [0.29, 0.717) is 0 Å². The van der Waals surface area contributed by atoms with Crippen LogP contribution < -0.4 is 0 Å². The van der Waals surface area contributed by atoms with E-state index in [1.807, 2.05) is 6.07 Å². The molecule has 106 valence electrons. The zero-order chi connectivity index (χ0) is 14.2. The highest BCUT2D eigenvalue weighted by molar-refractivity contribution is 7.90. The summed E-state index contributed by atoms with van der Waals surface area (Å²) in [5.41, 5.74) is 0. The molecule has 18 heavy (non-hydrogen) atoms. The molecular weight excluding hydrogens is 256 g/mol. The number of nitriles is 1. The molecule has 0 rings (SSSR count). The van der Waals surface area contributed by atoms with Gasteiger partial charge in [-0.1, -0.05) is 6.92 Å². The van der Waals surface area contributed by atoms with Crippen LogP contribution in [0.25, 0.3) is 0 Å². The highest BCUT2D eigenvalue weighted by Crippen LogP contribution is 2.15. The minimum atomic E-state index is -3.64. The monoisotopic (exact) mass is 278 g/mol. The normalized spacial score (nSPS) is 15.3. The molecule has 0 N–H and O–H groups in total. The van der Waals surface area contributed by atoms with Crippen LogP contribution in [0.2, 0.25) is 0 Å². The number of hydrogen-bond donors (Lipinski definition) is 0. The lowest BCUT2D eigenvalue weighted by atomic mass is 10.3. The quantitative estimate of drug-likeness (QED) is 0.617. The van der Waals surface area contributed by atoms with E-state index in [0.717, 1.165) is 0 Å². The summed E-state index contributed by atoms with van der Waals surface area (Å²) in [5, 5.41) is 7.91. The number of rotatable bonds is 9. The first-order valence-electron chi connectivity index (χ1n) is 5.83. The standard InChI is InChI=1S/C11H22N2O4S/c1-5-11(8-12)18(14,15)13(6-7-16-3)10(2)9-17-4/h10-11H,5-7,9H2,1-4H3. The van der Waals surface area contributed by atoms with Gasteiger partial charge in [0.1, 0.15) is 0 Å². The second-order valence-electron chi connectivity index (χ2n) is 3.98. The Morgan fingerprint density at radius 1 is 1.33 bits per heavy atom. The van der Waals surface area contributed by atoms with Crippen molar-refractivity contribution in [1.82, 2.24) is 4.31 Å². The van der Waals surface area contributed by atoms with Crippen LogP contribution in [-0.4, -0.2) is 58.0 Å². The second-order valence-corrected chi connectivity index (χ2v) is 6.05. The van der Waals surface area contributed by atoms with Crippen molar-refractivity contribution in [2.24, 2.45) is 0 Å². The van der Waals surface area contributed by atoms with Crippen LogP contribution in [0, 0.1) is 11.3 Å². The van der Waals surface area contributed by atoms with Crippen molar-refractivity contribution in [2.75, 3.05) is 34.0 Å². The molecule has 2 unspecified atom stereocenters. The van der Waals surface area contributed by atoms with E-state index < -0.39 is 15.3 Å². The highest BCUT2D eigenvalue weighted by atomic mass is 32.2. The Bertz CT molecular complexity index is 364. The van der Waals surface area contributed by atoms with Gasteiger partial charge in [-0.15, -0.1) is 0 Å². The summed E-state index contributed by atoms with van der Waals surface area (Å²) in [6, 6.07) is 1.51. The number of methoxy groups -OCH3 is 2. The Labute approximate surface area is 110 Å². The molecule has 6 nitrogen and oxygen atoms in total. The second kappa shape index (κ2) is 8.43. The van der Waals surface area contributed by atoms with Gasteiger partial charge in [-0.05, 0) is 13.3 Å². The van der Waals surface area contributed by atoms with E-state index in [-0.39, 0.29) is 32.2 Å². The van der Waals surface area contributed by atoms with Gasteiger partial charge in [0.15, 0.2) is 5.25 Å². The van der Waals surface area contributed by atoms with Crippen LogP contribution in [0.1, 0.15) is 20.3 Å². The van der Waals surface area contributed by atoms with Crippen molar-refractivity contribution in [3.8, 4) is 6.07 Å². The van der Waals surface area contributed by atoms with Crippen molar-refractivity contribution in [1.29, 1.82) is 5.26 Å². The Hall–Kier alpha value is -0.680. The van der Waals surface area contributed by atoms with Gasteiger partial charge in [0.05, 0.1) is 19.3 Å². The molecule has 0 saturated carbocycles. The maximum Gasteiger partial charge on any atom is 0.230 e. The first kappa shape index (κ1) is 17.3. The predicted octanol–water partition coefficient (Wildman–Crippen LogP) is 0.602. The number of ether oxygens (including phenoxy) is 2. The lowest BCUT2D eigenvalue weighted by molar-refractivity contribution is 0.118. The summed E-state index contributed by atoms with van der Waals surface area (Å²) in [4.78, 5) is 0. The van der Waals surface area contributed by atoms with Gasteiger partial charge in [0, 0.05) is 26.8 Å². The van der Waals surface area contributed by atoms with Crippen molar-refractivity contribution in [2.45, 2.75) is 31.6 Å². The lowest BCUT2D eigenvalue weighted by Gasteiger charge is -2.29. The molecule has 0 aliphatic heterocycles. The predicted molar refractivity (Wildman–Crippen MR) is 68.5 cm³/mol. The van der Waals surface area contributed by atoms with Gasteiger partial charge in [0.2, 0.25) is 10.0 Å². The Morgan fingerprint density at radius 2 is 1.94 bits per heavy atom. The third kappa shape index (κ3) is 4.53. The fraction of sp³-hybridized carbons (Fsp3) is 0.909. The van der Waals surface area contributed by atoms with E-state index in [2.05, 4.69) is 0 Å². The summed E-state index contributed by atoms with van der Waals surface area (Å²) >= 11 is 0. The van der Waals surface area contributed by atoms with E-state index >= 15 is 0 Å². The SMILES string of the molecule is CCC(C#N)S(=O)(=O)N(CCOC)C(C)COC. The summed E-state index contributed by atoms with van der Waals surface area (Å²) in [6.07, 6.45) is 0.266. The molecule has 0 aromatic heterocycles. The summed E-state index contributed by atoms with van der Waals surface area (Å²) < 4.78 is 35.8. The fourth-order valence-corrected chi connectivity index (χ4v) is 3.41. The molecule has 0 aliphatic rings. The fourth-order valence-electron chi connectivity index (χ4n) is 1.64. The molecular formula is C11H22N2O4S. The number of hydrogen-bond acceptors (Lipinski definition) is 5. The Morgan fingerprint density at radius 3 is 2.33 bits per heavy atom. The van der Waals surface area contributed by atoms with E-state index in [4.69, 9.17) is 14.7 Å². The summed E-state index contributed by atoms with van der Waals surface area (Å²) in [5.74, 6) is 0. The average Bonchev–Trinajstić information content (AvgIpc) is 2.30. The van der Waals surface area contributed by atoms with Crippen molar-refractivity contribution < 1.29 is 17.9 Å². The van der Waals surface area contributed by atoms with Crippen molar-refractivity contribution in [3.05, 3.63) is 0 Å². The lowest BCUT2D eigenvalue weighted by Crippen LogP contribution is -2.46. The van der Waals surface area contributed by atoms with Crippen LogP contribution in [0.3, 0.4) is 0 Å². The maximum absolute atomic E-state index is 12.3. The zero-order valence-corrected chi connectivity index (χ0v) is 12.2. The molecule has 0 bridgehead atoms. The van der Waals surface area contributed by atoms with Gasteiger partial charge in [-0.2, -0.15) is 9.57 Å². The van der Waals surface area contributed by atoms with Crippen LogP contribution >= 0.6 is 0 Å². The topological polar surface area (TPSA) is 79.6 Å². The first-order valence-corrected chi connectivity index (χ1v) is 7.34. The molecule has 0 aliphatic carbocycles. The van der Waals surface area contributed by atoms with Gasteiger partial charge >= 0.3 is 0 Å². The zero-order valence-electron chi connectivity index (χ0n) is 11.4. The molecule has 2 atom stereocenters. The van der Waals surface area contributed by atoms with Gasteiger partial charge in [0.25, 0.3) is 0 Å². The van der Waals surface area contributed by atoms with Crippen LogP contribution in [0.4, 0.5) is 0 Å². The molecule has 0 heterocycles. The summed E-state index contributed by atoms with van der Waals surface area (Å²) in [6.45, 7) is 4.23. The minimum Gasteiger partial charge on any atom is -0.383 e. The molecule has 0 radical (unpaired) electrons. The smallest absolute Gasteiger partial charge is 0.230 e. The van der Waals surface area contributed by atoms with E-state index in [1.54, 1.807) is 13.8 Å². The number of nitrogens with zero attached hydrogens (tertiary/aromatic N) is 2. The van der Waals surface area contributed by atoms with Gasteiger partial charge in [-0.3, -0.25) is 0 Å².